The van der Waals surface area contributed by atoms with E-state index in [-0.39, 0.29) is 42.8 Å². The maximum absolute atomic E-state index is 6.03. The van der Waals surface area contributed by atoms with Gasteiger partial charge in [0.15, 0.2) is 11.6 Å². The molecule has 0 fully saturated rings. The first kappa shape index (κ1) is 15.9. The molecule has 0 radical (unpaired) electrons. The molecule has 0 unspecified atom stereocenters. The lowest BCUT2D eigenvalue weighted by Crippen LogP contribution is -1.99. The monoisotopic (exact) mass is 390 g/mol. The zero-order valence-corrected chi connectivity index (χ0v) is 13.5. The normalized spacial score (nSPS) is 12.3. The van der Waals surface area contributed by atoms with Gasteiger partial charge in [-0.15, -0.1) is 0 Å². The Kier molecular flexibility index (Phi) is 5.17. The van der Waals surface area contributed by atoms with Gasteiger partial charge in [-0.1, -0.05) is 23.2 Å². The predicted octanol–water partition coefficient (Wildman–Crippen LogP) is 3.97. The molecule has 2 rings (SSSR count). The van der Waals surface area contributed by atoms with Gasteiger partial charge in [0.2, 0.25) is 21.1 Å². The van der Waals surface area contributed by atoms with Crippen LogP contribution in [0.25, 0.3) is 10.1 Å². The smallest absolute Gasteiger partial charge is 0.197 e. The quantitative estimate of drug-likeness (QED) is 0.769. The van der Waals surface area contributed by atoms with Gasteiger partial charge in [-0.25, -0.2) is 0 Å². The van der Waals surface area contributed by atoms with Crippen LogP contribution in [0.2, 0.25) is 21.1 Å². The molecule has 0 saturated carbocycles. The Morgan fingerprint density at radius 2 is 0.750 bits per heavy atom. The van der Waals surface area contributed by atoms with Gasteiger partial charge in [0.25, 0.3) is 0 Å². The van der Waals surface area contributed by atoms with E-state index in [0.29, 0.717) is 0 Å². The first-order valence-corrected chi connectivity index (χ1v) is 6.83. The highest BCUT2D eigenvalue weighted by Gasteiger charge is 2.16. The summed E-state index contributed by atoms with van der Waals surface area (Å²) in [6.07, 6.45) is 0. The van der Waals surface area contributed by atoms with Crippen LogP contribution in [0.1, 0.15) is 11.6 Å². The van der Waals surface area contributed by atoms with E-state index in [9.17, 15) is 0 Å². The maximum Gasteiger partial charge on any atom is 0.227 e. The molecule has 12 heteroatoms. The van der Waals surface area contributed by atoms with Gasteiger partial charge in [0.05, 0.1) is 0 Å². The third kappa shape index (κ3) is 3.78. The fourth-order valence-electron chi connectivity index (χ4n) is 1.04. The van der Waals surface area contributed by atoms with Gasteiger partial charge < -0.3 is 0 Å². The van der Waals surface area contributed by atoms with Crippen molar-refractivity contribution in [2.24, 2.45) is 0 Å². The summed E-state index contributed by atoms with van der Waals surface area (Å²) in [7, 11) is 0. The molecule has 2 heterocycles. The van der Waals surface area contributed by atoms with Gasteiger partial charge >= 0.3 is 0 Å². The van der Waals surface area contributed by atoms with E-state index in [2.05, 4.69) is 29.9 Å². The van der Waals surface area contributed by atoms with Crippen LogP contribution in [-0.4, -0.2) is 29.9 Å². The summed E-state index contributed by atoms with van der Waals surface area (Å²) in [5, 5.41) is -0.778. The minimum Gasteiger partial charge on any atom is -0.197 e. The lowest BCUT2D eigenvalue weighted by molar-refractivity contribution is 1.01. The molecule has 0 atom stereocenters. The maximum atomic E-state index is 6.03. The van der Waals surface area contributed by atoms with Gasteiger partial charge in [-0.3, -0.25) is 0 Å². The third-order valence-electron chi connectivity index (χ3n) is 1.75. The Balaban J connectivity index is 2.54. The molecule has 104 valence electrons. The molecule has 0 amide bonds. The van der Waals surface area contributed by atoms with Crippen molar-refractivity contribution in [2.75, 3.05) is 0 Å². The zero-order chi connectivity index (χ0) is 14.9. The number of aromatic nitrogens is 6. The molecule has 0 aromatic carbocycles. The van der Waals surface area contributed by atoms with E-state index < -0.39 is 0 Å². The molecule has 2 aromatic heterocycles. The van der Waals surface area contributed by atoms with Crippen LogP contribution < -0.4 is 0 Å². The van der Waals surface area contributed by atoms with Gasteiger partial charge in [0.1, 0.15) is 10.1 Å². The summed E-state index contributed by atoms with van der Waals surface area (Å²) < 4.78 is 0. The number of hydrogen-bond acceptors (Lipinski definition) is 6. The molecular weight excluding hydrogens is 393 g/mol. The average Bonchev–Trinajstić information content (AvgIpc) is 2.34. The Hall–Kier alpha value is -0.500. The zero-order valence-electron chi connectivity index (χ0n) is 8.95. The van der Waals surface area contributed by atoms with Crippen molar-refractivity contribution >= 4 is 79.7 Å². The van der Waals surface area contributed by atoms with Crippen LogP contribution in [0.3, 0.4) is 0 Å². The van der Waals surface area contributed by atoms with E-state index in [1.165, 1.54) is 0 Å². The molecule has 0 spiro atoms. The van der Waals surface area contributed by atoms with Crippen molar-refractivity contribution in [1.29, 1.82) is 0 Å². The second-order valence-corrected chi connectivity index (χ2v) is 5.13. The summed E-state index contributed by atoms with van der Waals surface area (Å²) in [4.78, 5) is 22.2. The molecule has 0 N–H and O–H groups in total. The first-order valence-electron chi connectivity index (χ1n) is 4.57. The lowest BCUT2D eigenvalue weighted by Gasteiger charge is -2.03. The first-order chi connectivity index (χ1) is 9.36. The van der Waals surface area contributed by atoms with Crippen molar-refractivity contribution in [3.05, 3.63) is 32.8 Å². The molecule has 2 aromatic rings. The third-order valence-corrected chi connectivity index (χ3v) is 3.24. The van der Waals surface area contributed by atoms with Crippen LogP contribution in [0.15, 0.2) is 0 Å². The minimum absolute atomic E-state index is 0.0469. The van der Waals surface area contributed by atoms with Crippen molar-refractivity contribution in [2.45, 2.75) is 0 Å². The Morgan fingerprint density at radius 1 is 0.500 bits per heavy atom. The predicted molar refractivity (Wildman–Crippen MR) is 78.2 cm³/mol. The van der Waals surface area contributed by atoms with Crippen LogP contribution >= 0.6 is 69.6 Å². The standard InChI is InChI=1S/C8Cl6N6/c9-1(3-15-5(11)19-6(12)16-3)2(10)4-17-7(13)20-8(14)18-4/b2-1-. The van der Waals surface area contributed by atoms with Crippen LogP contribution in [-0.2, 0) is 0 Å². The number of rotatable bonds is 2. The highest BCUT2D eigenvalue weighted by atomic mass is 35.5. The fraction of sp³-hybridized carbons (Fsp3) is 0. The summed E-state index contributed by atoms with van der Waals surface area (Å²) in [5.41, 5.74) is 0. The van der Waals surface area contributed by atoms with Crippen LogP contribution in [0, 0.1) is 0 Å². The molecule has 20 heavy (non-hydrogen) atoms. The van der Waals surface area contributed by atoms with E-state index in [0.717, 1.165) is 0 Å². The number of hydrogen-bond donors (Lipinski definition) is 0. The second-order valence-electron chi connectivity index (χ2n) is 3.02. The minimum atomic E-state index is -0.144. The number of halogens is 6. The SMILES string of the molecule is Cl/C(=C(\Cl)c1nc(Cl)nc(Cl)n1)c1nc(Cl)nc(Cl)n1. The summed E-state index contributed by atoms with van der Waals surface area (Å²) >= 11 is 34.6. The van der Waals surface area contributed by atoms with E-state index in [1.807, 2.05) is 0 Å². The molecule has 0 aliphatic heterocycles. The van der Waals surface area contributed by atoms with Gasteiger partial charge in [-0.05, 0) is 46.4 Å². The van der Waals surface area contributed by atoms with E-state index in [1.54, 1.807) is 0 Å². The Labute approximate surface area is 142 Å². The number of nitrogens with zero attached hydrogens (tertiary/aromatic N) is 6. The van der Waals surface area contributed by atoms with Gasteiger partial charge in [0, 0.05) is 0 Å². The average molecular weight is 393 g/mol. The topological polar surface area (TPSA) is 77.3 Å². The summed E-state index contributed by atoms with van der Waals surface area (Å²) in [6.45, 7) is 0. The Bertz CT molecular complexity index is 604. The summed E-state index contributed by atoms with van der Waals surface area (Å²) in [6, 6.07) is 0. The van der Waals surface area contributed by atoms with Crippen molar-refractivity contribution in [3.8, 4) is 0 Å². The fourth-order valence-corrected chi connectivity index (χ4v) is 2.11. The van der Waals surface area contributed by atoms with Crippen molar-refractivity contribution < 1.29 is 0 Å². The second kappa shape index (κ2) is 6.51. The molecule has 0 saturated heterocycles. The molecule has 0 bridgehead atoms. The van der Waals surface area contributed by atoms with E-state index >= 15 is 0 Å². The highest BCUT2D eigenvalue weighted by molar-refractivity contribution is 6.64. The van der Waals surface area contributed by atoms with E-state index in [4.69, 9.17) is 69.6 Å². The molecule has 6 nitrogen and oxygen atoms in total. The largest absolute Gasteiger partial charge is 0.227 e. The Morgan fingerprint density at radius 3 is 1.00 bits per heavy atom. The molecular formula is C8Cl6N6. The van der Waals surface area contributed by atoms with Crippen LogP contribution in [0.5, 0.6) is 0 Å². The van der Waals surface area contributed by atoms with Crippen molar-refractivity contribution in [1.82, 2.24) is 29.9 Å². The van der Waals surface area contributed by atoms with Gasteiger partial charge in [-0.2, -0.15) is 29.9 Å². The van der Waals surface area contributed by atoms with Crippen molar-refractivity contribution in [3.63, 3.8) is 0 Å². The summed E-state index contributed by atoms with van der Waals surface area (Å²) in [5.74, 6) is -0.0938. The van der Waals surface area contributed by atoms with Crippen LogP contribution in [0.4, 0.5) is 0 Å². The lowest BCUT2D eigenvalue weighted by atomic mass is 10.4. The highest BCUT2D eigenvalue weighted by Crippen LogP contribution is 2.30. The molecule has 0 aliphatic rings. The molecule has 0 aliphatic carbocycles.